The van der Waals surface area contributed by atoms with Crippen molar-refractivity contribution in [1.29, 1.82) is 0 Å². The number of hydrogen-bond donors (Lipinski definition) is 1. The maximum absolute atomic E-state index is 11.4. The van der Waals surface area contributed by atoms with Crippen molar-refractivity contribution in [2.24, 2.45) is 0 Å². The van der Waals surface area contributed by atoms with Gasteiger partial charge in [-0.2, -0.15) is 0 Å². The number of nitrogens with one attached hydrogen (secondary N) is 1. The molecule has 15 heavy (non-hydrogen) atoms. The minimum atomic E-state index is -2.14. The molecule has 0 spiro atoms. The summed E-state index contributed by atoms with van der Waals surface area (Å²) >= 11 is 18.9. The second kappa shape index (κ2) is 4.29. The molecule has 82 valence electrons. The SMILES string of the molecule is O=C(c1cc(Br)c([N+](=O)[O-])[nH]1)C(Cl)(Cl)Cl. The van der Waals surface area contributed by atoms with Crippen molar-refractivity contribution in [2.45, 2.75) is 3.79 Å². The molecule has 1 aromatic heterocycles. The van der Waals surface area contributed by atoms with Crippen molar-refractivity contribution < 1.29 is 9.72 Å². The van der Waals surface area contributed by atoms with Gasteiger partial charge in [-0.3, -0.25) is 4.79 Å². The van der Waals surface area contributed by atoms with E-state index in [0.29, 0.717) is 0 Å². The molecular formula is C6H2BrCl3N2O3. The predicted octanol–water partition coefficient (Wildman–Crippen LogP) is 3.24. The monoisotopic (exact) mass is 334 g/mol. The Bertz CT molecular complexity index is 426. The van der Waals surface area contributed by atoms with Crippen molar-refractivity contribution >= 4 is 62.3 Å². The summed E-state index contributed by atoms with van der Waals surface area (Å²) in [7, 11) is 0. The van der Waals surface area contributed by atoms with Gasteiger partial charge < -0.3 is 10.1 Å². The number of carbonyl (C=O) groups excluding carboxylic acids is 1. The molecule has 0 aliphatic rings. The van der Waals surface area contributed by atoms with Gasteiger partial charge in [0.25, 0.3) is 9.58 Å². The van der Waals surface area contributed by atoms with Gasteiger partial charge in [0.05, 0.1) is 0 Å². The number of hydrogen-bond acceptors (Lipinski definition) is 3. The first-order chi connectivity index (χ1) is 6.73. The molecule has 0 saturated heterocycles. The Morgan fingerprint density at radius 2 is 2.07 bits per heavy atom. The van der Waals surface area contributed by atoms with E-state index in [1.165, 1.54) is 6.07 Å². The van der Waals surface area contributed by atoms with Crippen LogP contribution < -0.4 is 0 Å². The number of alkyl halides is 3. The molecule has 0 atom stereocenters. The lowest BCUT2D eigenvalue weighted by atomic mass is 10.3. The van der Waals surface area contributed by atoms with Crippen molar-refractivity contribution in [1.82, 2.24) is 4.98 Å². The first-order valence-corrected chi connectivity index (χ1v) is 5.30. The van der Waals surface area contributed by atoms with Gasteiger partial charge in [0.15, 0.2) is 5.69 Å². The van der Waals surface area contributed by atoms with E-state index in [1.54, 1.807) is 0 Å². The van der Waals surface area contributed by atoms with Crippen molar-refractivity contribution in [3.63, 3.8) is 0 Å². The smallest absolute Gasteiger partial charge is 0.335 e. The third-order valence-electron chi connectivity index (χ3n) is 1.44. The van der Waals surface area contributed by atoms with E-state index in [2.05, 4.69) is 20.9 Å². The summed E-state index contributed by atoms with van der Waals surface area (Å²) in [5.74, 6) is -1.23. The van der Waals surface area contributed by atoms with Gasteiger partial charge >= 0.3 is 5.82 Å². The Labute approximate surface area is 107 Å². The summed E-state index contributed by atoms with van der Waals surface area (Å²) in [5, 5.41) is 10.4. The Balaban J connectivity index is 3.14. The van der Waals surface area contributed by atoms with Gasteiger partial charge in [0.1, 0.15) is 4.47 Å². The molecule has 1 N–H and O–H groups in total. The molecule has 0 radical (unpaired) electrons. The van der Waals surface area contributed by atoms with E-state index >= 15 is 0 Å². The summed E-state index contributed by atoms with van der Waals surface area (Å²) in [4.78, 5) is 23.4. The van der Waals surface area contributed by atoms with Crippen molar-refractivity contribution in [3.8, 4) is 0 Å². The standard InChI is InChI=1S/C6H2BrCl3N2O3/c7-2-1-3(4(13)6(8,9)10)11-5(2)12(14)15/h1,11H. The topological polar surface area (TPSA) is 76.0 Å². The number of H-pyrrole nitrogens is 1. The Morgan fingerprint density at radius 1 is 1.53 bits per heavy atom. The summed E-state index contributed by atoms with van der Waals surface area (Å²) in [6.07, 6.45) is 0. The number of rotatable bonds is 2. The molecular weight excluding hydrogens is 334 g/mol. The van der Waals surface area contributed by atoms with Crippen molar-refractivity contribution in [3.05, 3.63) is 26.3 Å². The summed E-state index contributed by atoms with van der Waals surface area (Å²) < 4.78 is -2.02. The molecule has 1 aromatic rings. The summed E-state index contributed by atoms with van der Waals surface area (Å²) in [6, 6.07) is 1.18. The molecule has 0 aliphatic heterocycles. The van der Waals surface area contributed by atoms with E-state index < -0.39 is 14.5 Å². The zero-order valence-electron chi connectivity index (χ0n) is 6.76. The van der Waals surface area contributed by atoms with E-state index in [9.17, 15) is 14.9 Å². The lowest BCUT2D eigenvalue weighted by Crippen LogP contribution is -2.19. The van der Waals surface area contributed by atoms with Gasteiger partial charge in [0, 0.05) is 6.07 Å². The fraction of sp³-hybridized carbons (Fsp3) is 0.167. The van der Waals surface area contributed by atoms with Crippen molar-refractivity contribution in [2.75, 3.05) is 0 Å². The van der Waals surface area contributed by atoms with Crippen LogP contribution in [0.15, 0.2) is 10.5 Å². The average molecular weight is 336 g/mol. The van der Waals surface area contributed by atoms with Crippen LogP contribution in [0.2, 0.25) is 0 Å². The third kappa shape index (κ3) is 2.84. The summed E-state index contributed by atoms with van der Waals surface area (Å²) in [6.45, 7) is 0. The van der Waals surface area contributed by atoms with Gasteiger partial charge in [-0.05, 0) is 20.9 Å². The highest BCUT2D eigenvalue weighted by Crippen LogP contribution is 2.33. The highest BCUT2D eigenvalue weighted by Gasteiger charge is 2.36. The number of Topliss-reactive ketones (excluding diaryl/α,β-unsaturated/α-hetero) is 1. The molecule has 0 aliphatic carbocycles. The van der Waals surface area contributed by atoms with E-state index in [4.69, 9.17) is 34.8 Å². The Kier molecular flexibility index (Phi) is 3.65. The van der Waals surface area contributed by atoms with Crippen LogP contribution in [-0.2, 0) is 0 Å². The fourth-order valence-electron chi connectivity index (χ4n) is 0.826. The van der Waals surface area contributed by atoms with Crippen LogP contribution >= 0.6 is 50.7 Å². The molecule has 0 aromatic carbocycles. The van der Waals surface area contributed by atoms with Crippen LogP contribution in [-0.4, -0.2) is 19.5 Å². The first-order valence-electron chi connectivity index (χ1n) is 3.38. The maximum atomic E-state index is 11.4. The highest BCUT2D eigenvalue weighted by molar-refractivity contribution is 9.10. The number of aromatic nitrogens is 1. The molecule has 0 bridgehead atoms. The third-order valence-corrected chi connectivity index (χ3v) is 2.55. The van der Waals surface area contributed by atoms with Crippen LogP contribution in [0.4, 0.5) is 5.82 Å². The molecule has 0 unspecified atom stereocenters. The minimum absolute atomic E-state index is 0.116. The number of halogens is 4. The largest absolute Gasteiger partial charge is 0.358 e. The molecule has 0 fully saturated rings. The van der Waals surface area contributed by atoms with Gasteiger partial charge in [-0.1, -0.05) is 34.8 Å². The molecule has 0 saturated carbocycles. The van der Waals surface area contributed by atoms with Crippen LogP contribution in [0, 0.1) is 10.1 Å². The zero-order valence-corrected chi connectivity index (χ0v) is 10.6. The minimum Gasteiger partial charge on any atom is -0.358 e. The summed E-state index contributed by atoms with van der Waals surface area (Å²) in [5.41, 5.74) is -0.145. The quantitative estimate of drug-likeness (QED) is 0.390. The maximum Gasteiger partial charge on any atom is 0.335 e. The second-order valence-corrected chi connectivity index (χ2v) is 5.60. The lowest BCUT2D eigenvalue weighted by Gasteiger charge is -2.04. The van der Waals surface area contributed by atoms with Crippen LogP contribution in [0.25, 0.3) is 0 Å². The number of nitro groups is 1. The number of aromatic amines is 1. The predicted molar refractivity (Wildman–Crippen MR) is 59.8 cm³/mol. The van der Waals surface area contributed by atoms with Crippen LogP contribution in [0.5, 0.6) is 0 Å². The Hall–Kier alpha value is -0.300. The molecule has 5 nitrogen and oxygen atoms in total. The van der Waals surface area contributed by atoms with E-state index in [0.717, 1.165) is 0 Å². The van der Waals surface area contributed by atoms with E-state index in [-0.39, 0.29) is 16.0 Å². The number of carbonyl (C=O) groups is 1. The lowest BCUT2D eigenvalue weighted by molar-refractivity contribution is -0.390. The number of nitrogens with zero attached hydrogens (tertiary/aromatic N) is 1. The molecule has 1 rings (SSSR count). The first kappa shape index (κ1) is 12.8. The Morgan fingerprint density at radius 3 is 2.40 bits per heavy atom. The highest BCUT2D eigenvalue weighted by atomic mass is 79.9. The second-order valence-electron chi connectivity index (χ2n) is 2.46. The molecule has 0 amide bonds. The molecule has 1 heterocycles. The fourth-order valence-corrected chi connectivity index (χ4v) is 1.60. The number of ketones is 1. The van der Waals surface area contributed by atoms with E-state index in [1.807, 2.05) is 0 Å². The van der Waals surface area contributed by atoms with Crippen LogP contribution in [0.1, 0.15) is 10.5 Å². The van der Waals surface area contributed by atoms with Gasteiger partial charge in [-0.15, -0.1) is 0 Å². The molecule has 9 heteroatoms. The van der Waals surface area contributed by atoms with Gasteiger partial charge in [-0.25, -0.2) is 4.98 Å². The van der Waals surface area contributed by atoms with Crippen LogP contribution in [0.3, 0.4) is 0 Å². The normalized spacial score (nSPS) is 11.5. The average Bonchev–Trinajstić information content (AvgIpc) is 2.44. The zero-order chi connectivity index (χ0) is 11.8. The van der Waals surface area contributed by atoms with Gasteiger partial charge in [0.2, 0.25) is 0 Å².